The molecule has 0 aromatic heterocycles. The molecule has 4 rings (SSSR count). The third-order valence-electron chi connectivity index (χ3n) is 4.93. The lowest BCUT2D eigenvalue weighted by molar-refractivity contribution is 0.203. The summed E-state index contributed by atoms with van der Waals surface area (Å²) in [6, 6.07) is 10.1. The molecule has 3 nitrogen and oxygen atoms in total. The zero-order valence-electron chi connectivity index (χ0n) is 12.8. The molecule has 4 heteroatoms. The summed E-state index contributed by atoms with van der Waals surface area (Å²) in [7, 11) is 0. The van der Waals surface area contributed by atoms with E-state index in [2.05, 4.69) is 23.6 Å². The second kappa shape index (κ2) is 6.02. The van der Waals surface area contributed by atoms with Crippen LogP contribution >= 0.6 is 17.0 Å². The molecule has 23 heavy (non-hydrogen) atoms. The molecule has 1 atom stereocenters. The van der Waals surface area contributed by atoms with Crippen molar-refractivity contribution in [3.05, 3.63) is 59.7 Å². The maximum absolute atomic E-state index is 10.3. The lowest BCUT2D eigenvalue weighted by Gasteiger charge is -2.41. The lowest BCUT2D eigenvalue weighted by Crippen LogP contribution is -2.38. The standard InChI is InChI=1S/C19H19NO2.BrH/c1-2-9-20-10-8-12-4-3-5-14-17(12)15(20)11-13-6-7-16(21)19(22)18(13)14;/h2-7,15,21-22H,1,8-11H2;1H. The summed E-state index contributed by atoms with van der Waals surface area (Å²) in [5.41, 5.74) is 5.63. The summed E-state index contributed by atoms with van der Waals surface area (Å²) in [6.45, 7) is 5.78. The van der Waals surface area contributed by atoms with Crippen molar-refractivity contribution < 1.29 is 10.2 Å². The quantitative estimate of drug-likeness (QED) is 0.617. The minimum atomic E-state index is -0.0476. The first-order valence-corrected chi connectivity index (χ1v) is 7.71. The van der Waals surface area contributed by atoms with E-state index in [-0.39, 0.29) is 28.5 Å². The van der Waals surface area contributed by atoms with Crippen molar-refractivity contribution in [3.8, 4) is 22.6 Å². The zero-order valence-corrected chi connectivity index (χ0v) is 14.5. The Bertz CT molecular complexity index is 772. The Balaban J connectivity index is 0.00000156. The van der Waals surface area contributed by atoms with Gasteiger partial charge in [0.05, 0.1) is 0 Å². The fraction of sp³-hybridized carbons (Fsp3) is 0.263. The highest BCUT2D eigenvalue weighted by Crippen LogP contribution is 2.50. The third-order valence-corrected chi connectivity index (χ3v) is 4.93. The van der Waals surface area contributed by atoms with Crippen LogP contribution in [0, 0.1) is 0 Å². The Hall–Kier alpha value is -1.78. The van der Waals surface area contributed by atoms with Gasteiger partial charge in [-0.15, -0.1) is 23.6 Å². The smallest absolute Gasteiger partial charge is 0.165 e. The highest BCUT2D eigenvalue weighted by molar-refractivity contribution is 8.93. The predicted octanol–water partition coefficient (Wildman–Crippen LogP) is 3.98. The SMILES string of the molecule is Br.C=CCN1CCc2cccc3c2C1Cc1ccc(O)c(O)c1-3. The number of phenolic OH excluding ortho intramolecular Hbond substituents is 2. The van der Waals surface area contributed by atoms with Crippen LogP contribution in [0.1, 0.15) is 22.7 Å². The molecule has 1 aliphatic carbocycles. The van der Waals surface area contributed by atoms with Gasteiger partial charge in [0.2, 0.25) is 0 Å². The molecule has 0 saturated heterocycles. The van der Waals surface area contributed by atoms with Crippen molar-refractivity contribution in [1.29, 1.82) is 0 Å². The molecule has 2 aromatic rings. The van der Waals surface area contributed by atoms with Crippen molar-refractivity contribution in [3.63, 3.8) is 0 Å². The second-order valence-electron chi connectivity index (χ2n) is 6.10. The van der Waals surface area contributed by atoms with E-state index in [1.807, 2.05) is 18.2 Å². The number of halogens is 1. The van der Waals surface area contributed by atoms with Gasteiger partial charge in [-0.3, -0.25) is 4.90 Å². The highest BCUT2D eigenvalue weighted by atomic mass is 79.9. The van der Waals surface area contributed by atoms with Crippen LogP contribution in [0.25, 0.3) is 11.1 Å². The van der Waals surface area contributed by atoms with E-state index < -0.39 is 0 Å². The van der Waals surface area contributed by atoms with Crippen molar-refractivity contribution in [1.82, 2.24) is 4.90 Å². The summed E-state index contributed by atoms with van der Waals surface area (Å²) in [6.07, 6.45) is 3.83. The number of nitrogens with zero attached hydrogens (tertiary/aromatic N) is 1. The molecule has 0 fully saturated rings. The second-order valence-corrected chi connectivity index (χ2v) is 6.10. The number of rotatable bonds is 2. The van der Waals surface area contributed by atoms with E-state index in [0.29, 0.717) is 6.04 Å². The van der Waals surface area contributed by atoms with E-state index in [1.54, 1.807) is 6.07 Å². The number of hydrogen-bond donors (Lipinski definition) is 2. The minimum Gasteiger partial charge on any atom is -0.504 e. The Morgan fingerprint density at radius 3 is 2.78 bits per heavy atom. The number of hydrogen-bond acceptors (Lipinski definition) is 3. The topological polar surface area (TPSA) is 43.7 Å². The molecule has 1 heterocycles. The molecule has 2 N–H and O–H groups in total. The van der Waals surface area contributed by atoms with E-state index in [9.17, 15) is 10.2 Å². The van der Waals surface area contributed by atoms with Crippen molar-refractivity contribution in [2.75, 3.05) is 13.1 Å². The molecule has 0 bridgehead atoms. The molecular weight excluding hydrogens is 354 g/mol. The number of aromatic hydroxyl groups is 2. The maximum Gasteiger partial charge on any atom is 0.165 e. The van der Waals surface area contributed by atoms with Crippen LogP contribution in [0.15, 0.2) is 43.0 Å². The van der Waals surface area contributed by atoms with Crippen molar-refractivity contribution in [2.24, 2.45) is 0 Å². The first kappa shape index (κ1) is 16.1. The molecule has 0 radical (unpaired) electrons. The number of fused-ring (bicyclic) bond motifs is 2. The van der Waals surface area contributed by atoms with Crippen LogP contribution in [0.4, 0.5) is 0 Å². The van der Waals surface area contributed by atoms with Crippen molar-refractivity contribution >= 4 is 17.0 Å². The average molecular weight is 374 g/mol. The summed E-state index contributed by atoms with van der Waals surface area (Å²) < 4.78 is 0. The van der Waals surface area contributed by atoms with Gasteiger partial charge in [-0.1, -0.05) is 30.3 Å². The predicted molar refractivity (Wildman–Crippen MR) is 97.4 cm³/mol. The van der Waals surface area contributed by atoms with Gasteiger partial charge >= 0.3 is 0 Å². The first-order valence-electron chi connectivity index (χ1n) is 7.71. The summed E-state index contributed by atoms with van der Waals surface area (Å²) in [5.74, 6) is -0.0428. The molecule has 1 unspecified atom stereocenters. The monoisotopic (exact) mass is 373 g/mol. The van der Waals surface area contributed by atoms with Gasteiger partial charge in [0, 0.05) is 24.7 Å². The maximum atomic E-state index is 10.3. The van der Waals surface area contributed by atoms with E-state index in [0.717, 1.165) is 42.6 Å². The molecule has 2 aromatic carbocycles. The largest absolute Gasteiger partial charge is 0.504 e. The lowest BCUT2D eigenvalue weighted by atomic mass is 9.76. The Morgan fingerprint density at radius 2 is 2.00 bits per heavy atom. The summed E-state index contributed by atoms with van der Waals surface area (Å²) in [5, 5.41) is 20.2. The minimum absolute atomic E-state index is 0. The van der Waals surface area contributed by atoms with Crippen LogP contribution < -0.4 is 0 Å². The van der Waals surface area contributed by atoms with Gasteiger partial charge in [0.1, 0.15) is 0 Å². The number of phenols is 2. The van der Waals surface area contributed by atoms with Gasteiger partial charge in [0.25, 0.3) is 0 Å². The Morgan fingerprint density at radius 1 is 1.17 bits per heavy atom. The highest BCUT2D eigenvalue weighted by Gasteiger charge is 2.35. The molecular formula is C19H20BrNO2. The van der Waals surface area contributed by atoms with Gasteiger partial charge in [0.15, 0.2) is 11.5 Å². The van der Waals surface area contributed by atoms with Gasteiger partial charge < -0.3 is 10.2 Å². The fourth-order valence-corrected chi connectivity index (χ4v) is 3.96. The molecule has 2 aliphatic rings. The third kappa shape index (κ3) is 2.37. The number of benzene rings is 2. The average Bonchev–Trinajstić information content (AvgIpc) is 2.53. The summed E-state index contributed by atoms with van der Waals surface area (Å²) >= 11 is 0. The van der Waals surface area contributed by atoms with Gasteiger partial charge in [-0.2, -0.15) is 0 Å². The Kier molecular flexibility index (Phi) is 4.21. The van der Waals surface area contributed by atoms with Crippen molar-refractivity contribution in [2.45, 2.75) is 18.9 Å². The van der Waals surface area contributed by atoms with Crippen LogP contribution in [0.2, 0.25) is 0 Å². The molecule has 0 amide bonds. The van der Waals surface area contributed by atoms with Crippen LogP contribution in [0.3, 0.4) is 0 Å². The Labute approximate surface area is 146 Å². The van der Waals surface area contributed by atoms with Gasteiger partial charge in [-0.05, 0) is 41.2 Å². The van der Waals surface area contributed by atoms with Crippen LogP contribution in [-0.2, 0) is 12.8 Å². The van der Waals surface area contributed by atoms with E-state index in [4.69, 9.17) is 0 Å². The fourth-order valence-electron chi connectivity index (χ4n) is 3.96. The van der Waals surface area contributed by atoms with E-state index in [1.165, 1.54) is 11.1 Å². The molecule has 120 valence electrons. The zero-order chi connectivity index (χ0) is 15.3. The molecule has 1 aliphatic heterocycles. The first-order chi connectivity index (χ1) is 10.7. The summed E-state index contributed by atoms with van der Waals surface area (Å²) in [4.78, 5) is 2.45. The normalized spacial score (nSPS) is 18.5. The van der Waals surface area contributed by atoms with Crippen LogP contribution in [-0.4, -0.2) is 28.2 Å². The molecule has 0 spiro atoms. The van der Waals surface area contributed by atoms with Crippen LogP contribution in [0.5, 0.6) is 11.5 Å². The van der Waals surface area contributed by atoms with E-state index >= 15 is 0 Å². The molecule has 0 saturated carbocycles. The van der Waals surface area contributed by atoms with Gasteiger partial charge in [-0.25, -0.2) is 0 Å².